The number of nitro groups is 1. The van der Waals surface area contributed by atoms with Crippen LogP contribution in [0.5, 0.6) is 5.75 Å². The lowest BCUT2D eigenvalue weighted by Gasteiger charge is -2.04. The Morgan fingerprint density at radius 3 is 2.27 bits per heavy atom. The molecule has 3 rings (SSSR count). The highest BCUT2D eigenvalue weighted by molar-refractivity contribution is 5.91. The summed E-state index contributed by atoms with van der Waals surface area (Å²) in [5.74, 6) is -0.547. The zero-order chi connectivity index (χ0) is 21.3. The first-order valence-corrected chi connectivity index (χ1v) is 8.94. The summed E-state index contributed by atoms with van der Waals surface area (Å²) in [6.07, 6.45) is 1.71. The average Bonchev–Trinajstić information content (AvgIpc) is 2.75. The highest BCUT2D eigenvalue weighted by Gasteiger charge is 2.11. The molecule has 8 heteroatoms. The summed E-state index contributed by atoms with van der Waals surface area (Å²) >= 11 is 0. The molecule has 0 bridgehead atoms. The summed E-state index contributed by atoms with van der Waals surface area (Å²) in [6, 6.07) is 21.0. The molecule has 0 aliphatic rings. The van der Waals surface area contributed by atoms with Gasteiger partial charge < -0.3 is 4.74 Å². The number of hydrogen-bond donors (Lipinski definition) is 1. The minimum absolute atomic E-state index is 0.106. The SMILES string of the molecule is O=C(Cc1ccccc1)NN=Cc1ccc(OC(=O)c2ccc([N+](=O)[O-])cc2)cc1. The van der Waals surface area contributed by atoms with Crippen molar-refractivity contribution in [3.05, 3.63) is 106 Å². The van der Waals surface area contributed by atoms with Gasteiger partial charge in [0.25, 0.3) is 5.69 Å². The highest BCUT2D eigenvalue weighted by Crippen LogP contribution is 2.16. The van der Waals surface area contributed by atoms with Crippen molar-refractivity contribution in [3.63, 3.8) is 0 Å². The smallest absolute Gasteiger partial charge is 0.343 e. The number of hydrogen-bond acceptors (Lipinski definition) is 6. The van der Waals surface area contributed by atoms with Crippen LogP contribution in [-0.2, 0) is 11.2 Å². The van der Waals surface area contributed by atoms with E-state index in [1.807, 2.05) is 30.3 Å². The molecule has 0 spiro atoms. The normalized spacial score (nSPS) is 10.5. The third kappa shape index (κ3) is 5.83. The van der Waals surface area contributed by atoms with Crippen molar-refractivity contribution in [1.29, 1.82) is 0 Å². The third-order valence-corrected chi connectivity index (χ3v) is 4.01. The Hall–Kier alpha value is -4.33. The number of benzene rings is 3. The van der Waals surface area contributed by atoms with Crippen LogP contribution in [-0.4, -0.2) is 23.0 Å². The van der Waals surface area contributed by atoms with Gasteiger partial charge >= 0.3 is 5.97 Å². The molecule has 0 heterocycles. The number of carbonyl (C=O) groups is 2. The van der Waals surface area contributed by atoms with E-state index in [1.54, 1.807) is 24.3 Å². The molecule has 3 aromatic rings. The Bertz CT molecular complexity index is 1060. The Morgan fingerprint density at radius 2 is 1.63 bits per heavy atom. The molecule has 0 atom stereocenters. The lowest BCUT2D eigenvalue weighted by Crippen LogP contribution is -2.19. The van der Waals surface area contributed by atoms with Crippen LogP contribution in [0.4, 0.5) is 5.69 Å². The van der Waals surface area contributed by atoms with Gasteiger partial charge in [-0.25, -0.2) is 10.2 Å². The molecule has 0 saturated heterocycles. The zero-order valence-corrected chi connectivity index (χ0v) is 15.7. The number of nitrogens with one attached hydrogen (secondary N) is 1. The van der Waals surface area contributed by atoms with Crippen LogP contribution in [0.3, 0.4) is 0 Å². The molecular weight excluding hydrogens is 386 g/mol. The van der Waals surface area contributed by atoms with Crippen LogP contribution < -0.4 is 10.2 Å². The molecule has 3 aromatic carbocycles. The van der Waals surface area contributed by atoms with Crippen molar-refractivity contribution in [1.82, 2.24) is 5.43 Å². The van der Waals surface area contributed by atoms with E-state index in [2.05, 4.69) is 10.5 Å². The summed E-state index contributed by atoms with van der Waals surface area (Å²) in [5, 5.41) is 14.6. The number of rotatable bonds is 7. The predicted molar refractivity (Wildman–Crippen MR) is 110 cm³/mol. The Kier molecular flexibility index (Phi) is 6.63. The summed E-state index contributed by atoms with van der Waals surface area (Å²) in [4.78, 5) is 34.1. The number of nitro benzene ring substituents is 1. The molecule has 0 aliphatic heterocycles. The van der Waals surface area contributed by atoms with Gasteiger partial charge in [-0.05, 0) is 47.5 Å². The van der Waals surface area contributed by atoms with Gasteiger partial charge in [-0.1, -0.05) is 30.3 Å². The fraction of sp³-hybridized carbons (Fsp3) is 0.0455. The first-order valence-electron chi connectivity index (χ1n) is 8.94. The Labute approximate surface area is 172 Å². The van der Waals surface area contributed by atoms with Crippen LogP contribution in [0.25, 0.3) is 0 Å². The molecule has 1 amide bonds. The van der Waals surface area contributed by atoms with Crippen molar-refractivity contribution in [2.45, 2.75) is 6.42 Å². The number of hydrazone groups is 1. The van der Waals surface area contributed by atoms with E-state index in [4.69, 9.17) is 4.74 Å². The summed E-state index contributed by atoms with van der Waals surface area (Å²) in [7, 11) is 0. The molecule has 8 nitrogen and oxygen atoms in total. The molecule has 30 heavy (non-hydrogen) atoms. The number of nitrogens with zero attached hydrogens (tertiary/aromatic N) is 2. The second-order valence-electron chi connectivity index (χ2n) is 6.22. The molecule has 1 N–H and O–H groups in total. The van der Waals surface area contributed by atoms with Gasteiger partial charge in [-0.2, -0.15) is 5.10 Å². The van der Waals surface area contributed by atoms with E-state index in [-0.39, 0.29) is 23.6 Å². The average molecular weight is 403 g/mol. The topological polar surface area (TPSA) is 111 Å². The fourth-order valence-corrected chi connectivity index (χ4v) is 2.51. The standard InChI is InChI=1S/C22H17N3O5/c26-21(14-16-4-2-1-3-5-16)24-23-15-17-6-12-20(13-7-17)30-22(27)18-8-10-19(11-9-18)25(28)29/h1-13,15H,14H2,(H,24,26). The number of ether oxygens (including phenoxy) is 1. The van der Waals surface area contributed by atoms with Crippen molar-refractivity contribution in [2.24, 2.45) is 5.10 Å². The van der Waals surface area contributed by atoms with Crippen molar-refractivity contribution in [2.75, 3.05) is 0 Å². The van der Waals surface area contributed by atoms with Crippen molar-refractivity contribution < 1.29 is 19.2 Å². The van der Waals surface area contributed by atoms with Crippen LogP contribution in [0, 0.1) is 10.1 Å². The summed E-state index contributed by atoms with van der Waals surface area (Å²) in [5.41, 5.74) is 4.15. The Balaban J connectivity index is 1.51. The molecule has 0 aliphatic carbocycles. The van der Waals surface area contributed by atoms with E-state index in [0.717, 1.165) is 5.56 Å². The molecule has 0 aromatic heterocycles. The maximum Gasteiger partial charge on any atom is 0.343 e. The number of esters is 1. The van der Waals surface area contributed by atoms with E-state index >= 15 is 0 Å². The minimum Gasteiger partial charge on any atom is -0.423 e. The Morgan fingerprint density at radius 1 is 0.967 bits per heavy atom. The van der Waals surface area contributed by atoms with Gasteiger partial charge in [-0.15, -0.1) is 0 Å². The lowest BCUT2D eigenvalue weighted by molar-refractivity contribution is -0.384. The number of amides is 1. The van der Waals surface area contributed by atoms with Gasteiger partial charge in [0.15, 0.2) is 0 Å². The second kappa shape index (κ2) is 9.74. The first kappa shape index (κ1) is 20.4. The van der Waals surface area contributed by atoms with E-state index in [0.29, 0.717) is 11.3 Å². The molecule has 0 saturated carbocycles. The lowest BCUT2D eigenvalue weighted by atomic mass is 10.1. The van der Waals surface area contributed by atoms with Crippen LogP contribution in [0.2, 0.25) is 0 Å². The largest absolute Gasteiger partial charge is 0.423 e. The van der Waals surface area contributed by atoms with E-state index in [9.17, 15) is 19.7 Å². The van der Waals surface area contributed by atoms with E-state index in [1.165, 1.54) is 30.5 Å². The van der Waals surface area contributed by atoms with Gasteiger partial charge in [0, 0.05) is 12.1 Å². The molecule has 150 valence electrons. The molecule has 0 fully saturated rings. The first-order chi connectivity index (χ1) is 14.5. The maximum absolute atomic E-state index is 12.1. The third-order valence-electron chi connectivity index (χ3n) is 4.01. The second-order valence-corrected chi connectivity index (χ2v) is 6.22. The van der Waals surface area contributed by atoms with Crippen LogP contribution >= 0.6 is 0 Å². The zero-order valence-electron chi connectivity index (χ0n) is 15.7. The molecular formula is C22H17N3O5. The fourth-order valence-electron chi connectivity index (χ4n) is 2.51. The van der Waals surface area contributed by atoms with E-state index < -0.39 is 10.9 Å². The van der Waals surface area contributed by atoms with Crippen molar-refractivity contribution >= 4 is 23.8 Å². The van der Waals surface area contributed by atoms with Crippen LogP contribution in [0.1, 0.15) is 21.5 Å². The quantitative estimate of drug-likeness (QED) is 0.213. The van der Waals surface area contributed by atoms with Gasteiger partial charge in [0.2, 0.25) is 5.91 Å². The monoisotopic (exact) mass is 403 g/mol. The summed E-state index contributed by atoms with van der Waals surface area (Å²) in [6.45, 7) is 0. The molecule has 0 radical (unpaired) electrons. The number of carbonyl (C=O) groups excluding carboxylic acids is 2. The molecule has 0 unspecified atom stereocenters. The van der Waals surface area contributed by atoms with Gasteiger partial charge in [-0.3, -0.25) is 14.9 Å². The number of non-ortho nitro benzene ring substituents is 1. The van der Waals surface area contributed by atoms with Gasteiger partial charge in [0.1, 0.15) is 5.75 Å². The van der Waals surface area contributed by atoms with Crippen molar-refractivity contribution in [3.8, 4) is 5.75 Å². The maximum atomic E-state index is 12.1. The predicted octanol–water partition coefficient (Wildman–Crippen LogP) is 3.51. The highest BCUT2D eigenvalue weighted by atomic mass is 16.6. The van der Waals surface area contributed by atoms with Crippen LogP contribution in [0.15, 0.2) is 84.0 Å². The van der Waals surface area contributed by atoms with Gasteiger partial charge in [0.05, 0.1) is 23.1 Å². The minimum atomic E-state index is -0.625. The summed E-state index contributed by atoms with van der Waals surface area (Å²) < 4.78 is 5.24.